The van der Waals surface area contributed by atoms with Gasteiger partial charge in [0.1, 0.15) is 6.10 Å². The third-order valence-corrected chi connectivity index (χ3v) is 8.11. The van der Waals surface area contributed by atoms with Crippen LogP contribution in [0.15, 0.2) is 114 Å². The molecule has 1 aliphatic rings. The monoisotopic (exact) mass is 607 g/mol. The third-order valence-electron chi connectivity index (χ3n) is 8.11. The van der Waals surface area contributed by atoms with Gasteiger partial charge in [-0.2, -0.15) is 0 Å². The van der Waals surface area contributed by atoms with E-state index in [1.165, 1.54) is 0 Å². The highest BCUT2D eigenvalue weighted by Gasteiger charge is 2.50. The van der Waals surface area contributed by atoms with Crippen molar-refractivity contribution in [3.8, 4) is 11.5 Å². The molecule has 45 heavy (non-hydrogen) atoms. The van der Waals surface area contributed by atoms with Crippen LogP contribution in [0.2, 0.25) is 0 Å². The van der Waals surface area contributed by atoms with E-state index < -0.39 is 36.1 Å². The lowest BCUT2D eigenvalue weighted by Crippen LogP contribution is -2.55. The van der Waals surface area contributed by atoms with Crippen molar-refractivity contribution in [3.05, 3.63) is 142 Å². The van der Waals surface area contributed by atoms with Crippen molar-refractivity contribution in [1.82, 2.24) is 0 Å². The fourth-order valence-electron chi connectivity index (χ4n) is 5.90. The smallest absolute Gasteiger partial charge is 0.225 e. The first-order valence-corrected chi connectivity index (χ1v) is 14.9. The van der Waals surface area contributed by atoms with Gasteiger partial charge < -0.3 is 23.7 Å². The van der Waals surface area contributed by atoms with Gasteiger partial charge in [-0.3, -0.25) is 4.79 Å². The number of carbonyl (C=O) groups is 1. The van der Waals surface area contributed by atoms with Gasteiger partial charge in [-0.05, 0) is 57.4 Å². The normalized spacial score (nSPS) is 21.0. The van der Waals surface area contributed by atoms with Crippen LogP contribution in [0.3, 0.4) is 0 Å². The Morgan fingerprint density at radius 2 is 1.22 bits per heavy atom. The van der Waals surface area contributed by atoms with Gasteiger partial charge >= 0.3 is 0 Å². The molecule has 0 unspecified atom stereocenters. The Morgan fingerprint density at radius 1 is 0.711 bits per heavy atom. The molecule has 5 rings (SSSR count). The van der Waals surface area contributed by atoms with E-state index in [9.17, 15) is 10.3 Å². The van der Waals surface area contributed by atoms with Gasteiger partial charge in [-0.1, -0.05) is 97.1 Å². The lowest BCUT2D eigenvalue weighted by molar-refractivity contribution is -0.194. The van der Waals surface area contributed by atoms with Gasteiger partial charge in [-0.25, -0.2) is 0 Å². The molecule has 1 aliphatic carbocycles. The minimum atomic E-state index is -0.861. The summed E-state index contributed by atoms with van der Waals surface area (Å²) in [7, 11) is 3.14. The van der Waals surface area contributed by atoms with Crippen molar-refractivity contribution in [2.24, 2.45) is 11.0 Å². The maximum absolute atomic E-state index is 13.7. The summed E-state index contributed by atoms with van der Waals surface area (Å²) in [5.74, 6) is -0.838. The molecule has 232 valence electrons. The molecule has 1 fully saturated rings. The number of methoxy groups -OCH3 is 2. The van der Waals surface area contributed by atoms with Crippen molar-refractivity contribution in [2.75, 3.05) is 14.2 Å². The van der Waals surface area contributed by atoms with Crippen molar-refractivity contribution in [2.45, 2.75) is 50.5 Å². The summed E-state index contributed by atoms with van der Waals surface area (Å²) in [6.45, 7) is 0.849. The Morgan fingerprint density at radius 3 is 1.73 bits per heavy atom. The van der Waals surface area contributed by atoms with E-state index in [4.69, 9.17) is 23.7 Å². The van der Waals surface area contributed by atoms with Crippen LogP contribution in [-0.4, -0.2) is 38.4 Å². The Labute approximate surface area is 263 Å². The van der Waals surface area contributed by atoms with Crippen LogP contribution >= 0.6 is 0 Å². The fourth-order valence-corrected chi connectivity index (χ4v) is 5.90. The summed E-state index contributed by atoms with van der Waals surface area (Å²) < 4.78 is 30.9. The van der Waals surface area contributed by atoms with Gasteiger partial charge in [-0.15, -0.1) is 0 Å². The number of carbonyl (C=O) groups excluding carboxylic acids is 1. The minimum absolute atomic E-state index is 0.223. The lowest BCUT2D eigenvalue weighted by Gasteiger charge is -2.45. The maximum atomic E-state index is 13.7. The van der Waals surface area contributed by atoms with Crippen molar-refractivity contribution >= 4 is 5.91 Å². The molecular formula is C36H37N3O6. The molecular weight excluding hydrogens is 570 g/mol. The maximum Gasteiger partial charge on any atom is 0.225 e. The summed E-state index contributed by atoms with van der Waals surface area (Å²) in [6, 6.07) is 35.0. The van der Waals surface area contributed by atoms with Gasteiger partial charge in [0.15, 0.2) is 11.5 Å². The molecule has 4 aromatic carbocycles. The predicted molar refractivity (Wildman–Crippen MR) is 170 cm³/mol. The molecule has 0 radical (unpaired) electrons. The predicted octanol–water partition coefficient (Wildman–Crippen LogP) is 7.40. The van der Waals surface area contributed by atoms with Crippen LogP contribution in [-0.2, 0) is 38.8 Å². The molecule has 9 heteroatoms. The second-order valence-corrected chi connectivity index (χ2v) is 10.9. The van der Waals surface area contributed by atoms with Gasteiger partial charge in [0.05, 0.1) is 52.2 Å². The SMILES string of the molecule is COc1ccc([C@H]2C[C@H](OCc3ccccc3)[C@@H](OCc3ccccc3)[C@@H](OCc3ccccc3)[C@@H]2C(=O)N=[N+]=[N-])cc1OC. The van der Waals surface area contributed by atoms with E-state index >= 15 is 0 Å². The zero-order valence-corrected chi connectivity index (χ0v) is 25.4. The van der Waals surface area contributed by atoms with Gasteiger partial charge in [0.2, 0.25) is 5.91 Å². The number of amides is 1. The second kappa shape index (κ2) is 15.9. The first-order chi connectivity index (χ1) is 22.1. The molecule has 0 spiro atoms. The molecule has 0 bridgehead atoms. The minimum Gasteiger partial charge on any atom is -0.493 e. The number of rotatable bonds is 13. The van der Waals surface area contributed by atoms with Crippen molar-refractivity contribution in [1.29, 1.82) is 0 Å². The molecule has 0 aliphatic heterocycles. The topological polar surface area (TPSA) is 112 Å². The zero-order valence-electron chi connectivity index (χ0n) is 25.4. The molecule has 0 aromatic heterocycles. The number of benzene rings is 4. The van der Waals surface area contributed by atoms with Crippen LogP contribution in [0.1, 0.15) is 34.6 Å². The average molecular weight is 608 g/mol. The Kier molecular flexibility index (Phi) is 11.2. The Hall–Kier alpha value is -4.66. The van der Waals surface area contributed by atoms with Gasteiger partial charge in [0, 0.05) is 4.91 Å². The standard InChI is InChI=1S/C36H37N3O6/c1-41-30-19-18-28(20-31(30)42-2)29-21-32(43-22-25-12-6-3-7-13-25)34(44-23-26-14-8-4-9-15-26)35(33(29)36(40)38-39-37)45-24-27-16-10-5-11-17-27/h3-20,29,32-35H,21-24H2,1-2H3/t29-,32+,33-,34-,35+/m1/s1. The third kappa shape index (κ3) is 8.09. The van der Waals surface area contributed by atoms with Crippen LogP contribution in [0.5, 0.6) is 11.5 Å². The number of nitrogens with zero attached hydrogens (tertiary/aromatic N) is 3. The molecule has 1 saturated carbocycles. The summed E-state index contributed by atoms with van der Waals surface area (Å²) in [5, 5.41) is 3.59. The van der Waals surface area contributed by atoms with Crippen molar-refractivity contribution < 1.29 is 28.5 Å². The fraction of sp³-hybridized carbons (Fsp3) is 0.306. The first-order valence-electron chi connectivity index (χ1n) is 14.9. The largest absolute Gasteiger partial charge is 0.493 e. The molecule has 0 saturated heterocycles. The van der Waals surface area contributed by atoms with Crippen LogP contribution in [0, 0.1) is 5.92 Å². The number of hydrogen-bond acceptors (Lipinski definition) is 6. The van der Waals surface area contributed by atoms with E-state index in [0.29, 0.717) is 24.5 Å². The quantitative estimate of drug-likeness (QED) is 0.0889. The van der Waals surface area contributed by atoms with Crippen LogP contribution in [0.25, 0.3) is 10.4 Å². The molecule has 5 atom stereocenters. The molecule has 4 aromatic rings. The van der Waals surface area contributed by atoms with Crippen molar-refractivity contribution in [3.63, 3.8) is 0 Å². The summed E-state index contributed by atoms with van der Waals surface area (Å²) >= 11 is 0. The highest BCUT2D eigenvalue weighted by Crippen LogP contribution is 2.45. The number of ether oxygens (including phenoxy) is 5. The lowest BCUT2D eigenvalue weighted by atomic mass is 9.70. The molecule has 1 amide bonds. The van der Waals surface area contributed by atoms with E-state index in [1.807, 2.05) is 103 Å². The number of azide groups is 1. The molecule has 0 N–H and O–H groups in total. The Bertz CT molecular complexity index is 1560. The van der Waals surface area contributed by atoms with E-state index in [2.05, 4.69) is 10.0 Å². The molecule has 0 heterocycles. The van der Waals surface area contributed by atoms with Gasteiger partial charge in [0.25, 0.3) is 0 Å². The van der Waals surface area contributed by atoms with Crippen LogP contribution < -0.4 is 9.47 Å². The number of hydrogen-bond donors (Lipinski definition) is 0. The molecule has 9 nitrogen and oxygen atoms in total. The zero-order chi connectivity index (χ0) is 31.4. The van der Waals surface area contributed by atoms with E-state index in [0.717, 1.165) is 22.3 Å². The van der Waals surface area contributed by atoms with E-state index in [1.54, 1.807) is 20.3 Å². The summed E-state index contributed by atoms with van der Waals surface area (Å²) in [6.07, 6.45) is -1.52. The second-order valence-electron chi connectivity index (χ2n) is 10.9. The summed E-state index contributed by atoms with van der Waals surface area (Å²) in [4.78, 5) is 16.6. The highest BCUT2D eigenvalue weighted by atomic mass is 16.6. The Balaban J connectivity index is 1.57. The van der Waals surface area contributed by atoms with E-state index in [-0.39, 0.29) is 13.2 Å². The average Bonchev–Trinajstić information content (AvgIpc) is 3.09. The summed E-state index contributed by atoms with van der Waals surface area (Å²) in [5.41, 5.74) is 13.1. The highest BCUT2D eigenvalue weighted by molar-refractivity contribution is 5.81. The van der Waals surface area contributed by atoms with Crippen LogP contribution in [0.4, 0.5) is 0 Å². The first kappa shape index (κ1) is 31.8.